The summed E-state index contributed by atoms with van der Waals surface area (Å²) in [4.78, 5) is 4.25. The highest BCUT2D eigenvalue weighted by Gasteiger charge is 2.20. The Morgan fingerprint density at radius 2 is 2.38 bits per heavy atom. The van der Waals surface area contributed by atoms with Crippen molar-refractivity contribution >= 4 is 0 Å². The molecule has 2 rings (SSSR count). The number of ether oxygens (including phenoxy) is 1. The number of aromatic nitrogens is 1. The van der Waals surface area contributed by atoms with Crippen molar-refractivity contribution in [1.82, 2.24) is 4.98 Å². The van der Waals surface area contributed by atoms with Gasteiger partial charge in [0, 0.05) is 19.5 Å². The standard InChI is InChI=1S/C11H15NO/c1-8-3-4-10-9(7-13-2)5-12-6-11(8)10/h5-6,8H,3-4,7H2,1-2H3/t8-/m1/s1. The molecule has 0 amide bonds. The third-order valence-electron chi connectivity index (χ3n) is 2.84. The average molecular weight is 177 g/mol. The molecular weight excluding hydrogens is 162 g/mol. The fourth-order valence-corrected chi connectivity index (χ4v) is 2.07. The van der Waals surface area contributed by atoms with Crippen LogP contribution in [0, 0.1) is 0 Å². The number of fused-ring (bicyclic) bond motifs is 1. The number of rotatable bonds is 2. The number of hydrogen-bond acceptors (Lipinski definition) is 2. The van der Waals surface area contributed by atoms with Crippen molar-refractivity contribution in [3.63, 3.8) is 0 Å². The minimum absolute atomic E-state index is 0.680. The van der Waals surface area contributed by atoms with Crippen molar-refractivity contribution in [1.29, 1.82) is 0 Å². The van der Waals surface area contributed by atoms with E-state index in [4.69, 9.17) is 4.74 Å². The van der Waals surface area contributed by atoms with Gasteiger partial charge in [0.15, 0.2) is 0 Å². The smallest absolute Gasteiger partial charge is 0.0730 e. The number of nitrogens with zero attached hydrogens (tertiary/aromatic N) is 1. The van der Waals surface area contributed by atoms with Crippen LogP contribution in [0.4, 0.5) is 0 Å². The molecule has 0 fully saturated rings. The monoisotopic (exact) mass is 177 g/mol. The van der Waals surface area contributed by atoms with Crippen LogP contribution in [-0.2, 0) is 17.8 Å². The van der Waals surface area contributed by atoms with E-state index in [1.807, 2.05) is 12.4 Å². The second kappa shape index (κ2) is 3.46. The molecule has 1 heterocycles. The van der Waals surface area contributed by atoms with E-state index in [1.54, 1.807) is 7.11 Å². The minimum atomic E-state index is 0.680. The molecule has 0 saturated heterocycles. The van der Waals surface area contributed by atoms with Gasteiger partial charge >= 0.3 is 0 Å². The molecular formula is C11H15NO. The second-order valence-corrected chi connectivity index (χ2v) is 3.74. The zero-order valence-corrected chi connectivity index (χ0v) is 8.21. The lowest BCUT2D eigenvalue weighted by molar-refractivity contribution is 0.184. The van der Waals surface area contributed by atoms with Crippen LogP contribution in [0.3, 0.4) is 0 Å². The lowest BCUT2D eigenvalue weighted by Gasteiger charge is -2.07. The third kappa shape index (κ3) is 1.46. The van der Waals surface area contributed by atoms with Crippen LogP contribution in [0.5, 0.6) is 0 Å². The Labute approximate surface area is 78.9 Å². The molecule has 1 aliphatic rings. The van der Waals surface area contributed by atoms with E-state index in [0.717, 1.165) is 0 Å². The first-order chi connectivity index (χ1) is 6.33. The Morgan fingerprint density at radius 1 is 1.54 bits per heavy atom. The summed E-state index contributed by atoms with van der Waals surface area (Å²) in [5.41, 5.74) is 4.17. The maximum atomic E-state index is 5.15. The maximum absolute atomic E-state index is 5.15. The Balaban J connectivity index is 2.38. The Hall–Kier alpha value is -0.890. The molecule has 1 aliphatic carbocycles. The van der Waals surface area contributed by atoms with Crippen LogP contribution in [0.1, 0.15) is 36.0 Å². The molecule has 1 aromatic rings. The molecule has 1 aromatic heterocycles. The van der Waals surface area contributed by atoms with Crippen molar-refractivity contribution < 1.29 is 4.74 Å². The van der Waals surface area contributed by atoms with E-state index in [2.05, 4.69) is 11.9 Å². The van der Waals surface area contributed by atoms with Gasteiger partial charge in [-0.05, 0) is 35.4 Å². The molecule has 2 heteroatoms. The molecule has 0 aliphatic heterocycles. The fraction of sp³-hybridized carbons (Fsp3) is 0.545. The highest BCUT2D eigenvalue weighted by molar-refractivity contribution is 5.37. The molecule has 0 unspecified atom stereocenters. The van der Waals surface area contributed by atoms with Crippen LogP contribution in [0.25, 0.3) is 0 Å². The Morgan fingerprint density at radius 3 is 3.15 bits per heavy atom. The lowest BCUT2D eigenvalue weighted by atomic mass is 10.0. The minimum Gasteiger partial charge on any atom is -0.380 e. The second-order valence-electron chi connectivity index (χ2n) is 3.74. The average Bonchev–Trinajstić information content (AvgIpc) is 2.50. The van der Waals surface area contributed by atoms with Gasteiger partial charge in [-0.2, -0.15) is 0 Å². The molecule has 0 radical (unpaired) electrons. The highest BCUT2D eigenvalue weighted by Crippen LogP contribution is 2.33. The van der Waals surface area contributed by atoms with E-state index < -0.39 is 0 Å². The number of hydrogen-bond donors (Lipinski definition) is 0. The predicted octanol–water partition coefficient (Wildman–Crippen LogP) is 2.28. The van der Waals surface area contributed by atoms with Crippen LogP contribution in [-0.4, -0.2) is 12.1 Å². The zero-order valence-electron chi connectivity index (χ0n) is 8.21. The molecule has 2 nitrogen and oxygen atoms in total. The largest absolute Gasteiger partial charge is 0.380 e. The summed E-state index contributed by atoms with van der Waals surface area (Å²) in [5, 5.41) is 0. The summed E-state index contributed by atoms with van der Waals surface area (Å²) < 4.78 is 5.15. The summed E-state index contributed by atoms with van der Waals surface area (Å²) in [6, 6.07) is 0. The first-order valence-electron chi connectivity index (χ1n) is 4.77. The van der Waals surface area contributed by atoms with E-state index in [1.165, 1.54) is 29.5 Å². The fourth-order valence-electron chi connectivity index (χ4n) is 2.07. The first-order valence-corrected chi connectivity index (χ1v) is 4.77. The molecule has 0 bridgehead atoms. The molecule has 0 aromatic carbocycles. The van der Waals surface area contributed by atoms with Crippen LogP contribution < -0.4 is 0 Å². The molecule has 13 heavy (non-hydrogen) atoms. The van der Waals surface area contributed by atoms with Crippen molar-refractivity contribution in [2.75, 3.05) is 7.11 Å². The van der Waals surface area contributed by atoms with Crippen LogP contribution >= 0.6 is 0 Å². The van der Waals surface area contributed by atoms with Crippen molar-refractivity contribution in [2.45, 2.75) is 32.3 Å². The van der Waals surface area contributed by atoms with E-state index in [9.17, 15) is 0 Å². The predicted molar refractivity (Wildman–Crippen MR) is 51.7 cm³/mol. The normalized spacial score (nSPS) is 20.3. The maximum Gasteiger partial charge on any atom is 0.0730 e. The molecule has 0 spiro atoms. The Kier molecular flexibility index (Phi) is 2.32. The molecule has 70 valence electrons. The summed E-state index contributed by atoms with van der Waals surface area (Å²) in [6.07, 6.45) is 6.39. The summed E-state index contributed by atoms with van der Waals surface area (Å²) in [6.45, 7) is 2.97. The summed E-state index contributed by atoms with van der Waals surface area (Å²) in [5.74, 6) is 0.680. The van der Waals surface area contributed by atoms with Crippen molar-refractivity contribution in [2.24, 2.45) is 0 Å². The van der Waals surface area contributed by atoms with Crippen LogP contribution in [0.2, 0.25) is 0 Å². The molecule has 0 N–H and O–H groups in total. The van der Waals surface area contributed by atoms with Gasteiger partial charge in [0.05, 0.1) is 6.61 Å². The van der Waals surface area contributed by atoms with Crippen molar-refractivity contribution in [3.8, 4) is 0 Å². The highest BCUT2D eigenvalue weighted by atomic mass is 16.5. The SMILES string of the molecule is COCc1cncc2c1CC[C@H]2C. The molecule has 1 atom stereocenters. The van der Waals surface area contributed by atoms with Gasteiger partial charge in [-0.25, -0.2) is 0 Å². The third-order valence-corrected chi connectivity index (χ3v) is 2.84. The molecule has 0 saturated carbocycles. The van der Waals surface area contributed by atoms with E-state index in [0.29, 0.717) is 12.5 Å². The van der Waals surface area contributed by atoms with Gasteiger partial charge in [0.2, 0.25) is 0 Å². The van der Waals surface area contributed by atoms with Gasteiger partial charge in [-0.3, -0.25) is 4.98 Å². The zero-order chi connectivity index (χ0) is 9.26. The topological polar surface area (TPSA) is 22.1 Å². The van der Waals surface area contributed by atoms with E-state index >= 15 is 0 Å². The summed E-state index contributed by atoms with van der Waals surface area (Å²) >= 11 is 0. The van der Waals surface area contributed by atoms with Gasteiger partial charge < -0.3 is 4.74 Å². The van der Waals surface area contributed by atoms with Gasteiger partial charge in [0.1, 0.15) is 0 Å². The van der Waals surface area contributed by atoms with Gasteiger partial charge in [-0.1, -0.05) is 6.92 Å². The summed E-state index contributed by atoms with van der Waals surface area (Å²) in [7, 11) is 1.73. The Bertz CT molecular complexity index is 309. The van der Waals surface area contributed by atoms with E-state index in [-0.39, 0.29) is 0 Å². The quantitative estimate of drug-likeness (QED) is 0.691. The van der Waals surface area contributed by atoms with Crippen LogP contribution in [0.15, 0.2) is 12.4 Å². The first kappa shape index (κ1) is 8.70. The van der Waals surface area contributed by atoms with Crippen molar-refractivity contribution in [3.05, 3.63) is 29.1 Å². The van der Waals surface area contributed by atoms with Gasteiger partial charge in [-0.15, -0.1) is 0 Å². The lowest BCUT2D eigenvalue weighted by Crippen LogP contribution is -1.97. The van der Waals surface area contributed by atoms with Gasteiger partial charge in [0.25, 0.3) is 0 Å². The number of methoxy groups -OCH3 is 1. The number of pyridine rings is 1.